The van der Waals surface area contributed by atoms with Gasteiger partial charge >= 0.3 is 0 Å². The summed E-state index contributed by atoms with van der Waals surface area (Å²) in [7, 11) is -3.49. The summed E-state index contributed by atoms with van der Waals surface area (Å²) in [5, 5.41) is 3.62. The van der Waals surface area contributed by atoms with Gasteiger partial charge in [0.2, 0.25) is 15.9 Å². The standard InChI is InChI=1S/C21H27ClN2O3S/c1-15(2)14-23-28(26,27)20-11-4-17(5-12-20)6-13-21(25)24-16(3)18-7-9-19(22)10-8-18/h4-5,7-12,15-16,23H,6,13-14H2,1-3H3,(H,24,25)/t16-/m1/s1. The molecule has 5 nitrogen and oxygen atoms in total. The van der Waals surface area contributed by atoms with Crippen molar-refractivity contribution in [1.82, 2.24) is 10.0 Å². The third-order valence-corrected chi connectivity index (χ3v) is 5.99. The highest BCUT2D eigenvalue weighted by Crippen LogP contribution is 2.17. The molecule has 0 aliphatic rings. The van der Waals surface area contributed by atoms with Gasteiger partial charge in [0.1, 0.15) is 0 Å². The van der Waals surface area contributed by atoms with Crippen LogP contribution in [0.3, 0.4) is 0 Å². The number of rotatable bonds is 9. The van der Waals surface area contributed by atoms with Crippen molar-refractivity contribution in [1.29, 1.82) is 0 Å². The van der Waals surface area contributed by atoms with Gasteiger partial charge in [0.25, 0.3) is 0 Å². The minimum absolute atomic E-state index is 0.0576. The first-order valence-corrected chi connectivity index (χ1v) is 11.2. The Morgan fingerprint density at radius 3 is 2.18 bits per heavy atom. The van der Waals surface area contributed by atoms with E-state index in [-0.39, 0.29) is 22.8 Å². The Labute approximate surface area is 172 Å². The van der Waals surface area contributed by atoms with E-state index in [0.29, 0.717) is 24.4 Å². The Morgan fingerprint density at radius 2 is 1.61 bits per heavy atom. The van der Waals surface area contributed by atoms with Crippen molar-refractivity contribution < 1.29 is 13.2 Å². The highest BCUT2D eigenvalue weighted by Gasteiger charge is 2.14. The van der Waals surface area contributed by atoms with E-state index >= 15 is 0 Å². The molecule has 0 aliphatic heterocycles. The lowest BCUT2D eigenvalue weighted by Crippen LogP contribution is -2.27. The maximum absolute atomic E-state index is 12.2. The molecule has 0 heterocycles. The Kier molecular flexibility index (Phi) is 8.04. The number of hydrogen-bond donors (Lipinski definition) is 2. The molecular formula is C21H27ClN2O3S. The number of amides is 1. The van der Waals surface area contributed by atoms with Crippen LogP contribution in [0.1, 0.15) is 44.4 Å². The number of aryl methyl sites for hydroxylation is 1. The smallest absolute Gasteiger partial charge is 0.240 e. The molecule has 28 heavy (non-hydrogen) atoms. The number of benzene rings is 2. The number of sulfonamides is 1. The highest BCUT2D eigenvalue weighted by atomic mass is 35.5. The van der Waals surface area contributed by atoms with Gasteiger partial charge in [-0.2, -0.15) is 0 Å². The van der Waals surface area contributed by atoms with Gasteiger partial charge in [0.05, 0.1) is 10.9 Å². The van der Waals surface area contributed by atoms with Crippen molar-refractivity contribution in [3.63, 3.8) is 0 Å². The van der Waals surface area contributed by atoms with Crippen molar-refractivity contribution in [2.45, 2.75) is 44.6 Å². The van der Waals surface area contributed by atoms with E-state index < -0.39 is 10.0 Å². The fourth-order valence-corrected chi connectivity index (χ4v) is 3.94. The summed E-state index contributed by atoms with van der Waals surface area (Å²) >= 11 is 5.88. The average Bonchev–Trinajstić information content (AvgIpc) is 2.65. The van der Waals surface area contributed by atoms with Crippen LogP contribution in [0.5, 0.6) is 0 Å². The number of carbonyl (C=O) groups is 1. The zero-order valence-corrected chi connectivity index (χ0v) is 18.0. The predicted octanol–water partition coefficient (Wildman–Crippen LogP) is 4.08. The van der Waals surface area contributed by atoms with Crippen LogP contribution in [0, 0.1) is 5.92 Å². The van der Waals surface area contributed by atoms with E-state index in [1.165, 1.54) is 0 Å². The Morgan fingerprint density at radius 1 is 1.00 bits per heavy atom. The summed E-state index contributed by atoms with van der Waals surface area (Å²) in [6.07, 6.45) is 0.870. The fourth-order valence-electron chi connectivity index (χ4n) is 2.60. The van der Waals surface area contributed by atoms with Crippen molar-refractivity contribution in [3.05, 3.63) is 64.7 Å². The van der Waals surface area contributed by atoms with Gasteiger partial charge in [0, 0.05) is 18.0 Å². The number of hydrogen-bond acceptors (Lipinski definition) is 3. The van der Waals surface area contributed by atoms with E-state index in [1.807, 2.05) is 32.9 Å². The minimum atomic E-state index is -3.49. The van der Waals surface area contributed by atoms with Gasteiger partial charge in [-0.3, -0.25) is 4.79 Å². The molecule has 7 heteroatoms. The monoisotopic (exact) mass is 422 g/mol. The maximum atomic E-state index is 12.2. The highest BCUT2D eigenvalue weighted by molar-refractivity contribution is 7.89. The van der Waals surface area contributed by atoms with Crippen LogP contribution < -0.4 is 10.0 Å². The molecule has 0 bridgehead atoms. The second-order valence-corrected chi connectivity index (χ2v) is 9.43. The zero-order valence-electron chi connectivity index (χ0n) is 16.4. The first-order chi connectivity index (χ1) is 13.2. The van der Waals surface area contributed by atoms with Crippen LogP contribution in [0.2, 0.25) is 5.02 Å². The van der Waals surface area contributed by atoms with E-state index in [2.05, 4.69) is 10.0 Å². The molecular weight excluding hydrogens is 396 g/mol. The molecule has 0 spiro atoms. The Bertz CT molecular complexity index is 879. The molecule has 2 rings (SSSR count). The van der Waals surface area contributed by atoms with E-state index in [0.717, 1.165) is 11.1 Å². The summed E-state index contributed by atoms with van der Waals surface area (Å²) < 4.78 is 27.0. The lowest BCUT2D eigenvalue weighted by atomic mass is 10.1. The molecule has 152 valence electrons. The van der Waals surface area contributed by atoms with Gasteiger partial charge in [-0.25, -0.2) is 13.1 Å². The van der Waals surface area contributed by atoms with Crippen LogP contribution in [0.4, 0.5) is 0 Å². The molecule has 0 aromatic heterocycles. The van der Waals surface area contributed by atoms with Crippen LogP contribution in [-0.2, 0) is 21.2 Å². The maximum Gasteiger partial charge on any atom is 0.240 e. The molecule has 2 N–H and O–H groups in total. The topological polar surface area (TPSA) is 75.3 Å². The van der Waals surface area contributed by atoms with Crippen molar-refractivity contribution in [2.24, 2.45) is 5.92 Å². The zero-order chi connectivity index (χ0) is 20.7. The number of nitrogens with one attached hydrogen (secondary N) is 2. The lowest BCUT2D eigenvalue weighted by molar-refractivity contribution is -0.121. The van der Waals surface area contributed by atoms with Crippen molar-refractivity contribution >= 4 is 27.5 Å². The molecule has 0 unspecified atom stereocenters. The predicted molar refractivity (Wildman–Crippen MR) is 113 cm³/mol. The van der Waals surface area contributed by atoms with Crippen LogP contribution in [0.15, 0.2) is 53.4 Å². The van der Waals surface area contributed by atoms with Gasteiger partial charge in [-0.05, 0) is 54.7 Å². The molecule has 2 aromatic carbocycles. The second kappa shape index (κ2) is 10.0. The van der Waals surface area contributed by atoms with Gasteiger partial charge in [-0.15, -0.1) is 0 Å². The molecule has 2 aromatic rings. The largest absolute Gasteiger partial charge is 0.350 e. The second-order valence-electron chi connectivity index (χ2n) is 7.23. The number of carbonyl (C=O) groups excluding carboxylic acids is 1. The SMILES string of the molecule is CC(C)CNS(=O)(=O)c1ccc(CCC(=O)N[C@H](C)c2ccc(Cl)cc2)cc1. The quantitative estimate of drug-likeness (QED) is 0.639. The molecule has 0 saturated heterocycles. The van der Waals surface area contributed by atoms with E-state index in [4.69, 9.17) is 11.6 Å². The summed E-state index contributed by atoms with van der Waals surface area (Å²) in [6, 6.07) is 13.9. The minimum Gasteiger partial charge on any atom is -0.350 e. The lowest BCUT2D eigenvalue weighted by Gasteiger charge is -2.14. The van der Waals surface area contributed by atoms with Gasteiger partial charge in [0.15, 0.2) is 0 Å². The van der Waals surface area contributed by atoms with Crippen molar-refractivity contribution in [2.75, 3.05) is 6.54 Å². The Hall–Kier alpha value is -1.89. The summed E-state index contributed by atoms with van der Waals surface area (Å²) in [6.45, 7) is 6.22. The molecule has 0 fully saturated rings. The van der Waals surface area contributed by atoms with Crippen LogP contribution >= 0.6 is 11.6 Å². The average molecular weight is 423 g/mol. The molecule has 1 atom stereocenters. The van der Waals surface area contributed by atoms with Gasteiger partial charge in [-0.1, -0.05) is 49.7 Å². The normalized spacial score (nSPS) is 12.8. The third-order valence-electron chi connectivity index (χ3n) is 4.30. The van der Waals surface area contributed by atoms with Crippen molar-refractivity contribution in [3.8, 4) is 0 Å². The summed E-state index contributed by atoms with van der Waals surface area (Å²) in [4.78, 5) is 12.4. The molecule has 0 saturated carbocycles. The molecule has 0 aliphatic carbocycles. The van der Waals surface area contributed by atoms with Crippen LogP contribution in [-0.4, -0.2) is 20.9 Å². The summed E-state index contributed by atoms with van der Waals surface area (Å²) in [5.74, 6) is 0.181. The Balaban J connectivity index is 1.87. The van der Waals surface area contributed by atoms with E-state index in [1.54, 1.807) is 36.4 Å². The first kappa shape index (κ1) is 22.4. The molecule has 0 radical (unpaired) electrons. The van der Waals surface area contributed by atoms with E-state index in [9.17, 15) is 13.2 Å². The molecule has 1 amide bonds. The van der Waals surface area contributed by atoms with Crippen LogP contribution in [0.25, 0.3) is 0 Å². The first-order valence-electron chi connectivity index (χ1n) is 9.31. The van der Waals surface area contributed by atoms with Gasteiger partial charge < -0.3 is 5.32 Å². The summed E-state index contributed by atoms with van der Waals surface area (Å²) in [5.41, 5.74) is 1.90. The fraction of sp³-hybridized carbons (Fsp3) is 0.381. The third kappa shape index (κ3) is 6.93. The number of halogens is 1.